The predicted octanol–water partition coefficient (Wildman–Crippen LogP) is 5.17. The average molecular weight is 281 g/mol. The molecule has 3 heterocycles. The summed E-state index contributed by atoms with van der Waals surface area (Å²) >= 11 is 0. The first-order valence-corrected chi connectivity index (χ1v) is 8.90. The molecule has 1 N–H and O–H groups in total. The first kappa shape index (κ1) is 13.6. The summed E-state index contributed by atoms with van der Waals surface area (Å²) in [5.41, 5.74) is 3.51. The molecule has 0 aromatic heterocycles. The topological polar surface area (TPSA) is 12.0 Å². The molecule has 2 fully saturated rings. The Hall–Kier alpha value is -1.08. The lowest BCUT2D eigenvalue weighted by molar-refractivity contribution is 0.298. The molecule has 3 aliphatic rings. The van der Waals surface area contributed by atoms with Crippen molar-refractivity contribution in [3.05, 3.63) is 41.5 Å². The molecule has 112 valence electrons. The molecule has 3 aliphatic heterocycles. The largest absolute Gasteiger partial charge is 0.298 e. The summed E-state index contributed by atoms with van der Waals surface area (Å²) in [6.07, 6.45) is 18.6. The molecule has 2 unspecified atom stereocenters. The van der Waals surface area contributed by atoms with Crippen LogP contribution in [0, 0.1) is 0 Å². The van der Waals surface area contributed by atoms with Gasteiger partial charge >= 0.3 is 0 Å². The molecule has 2 saturated heterocycles. The number of nitrogens with one attached hydrogen (secondary N) is 1. The quantitative estimate of drug-likeness (QED) is 0.692. The average Bonchev–Trinajstić information content (AvgIpc) is 2.79. The van der Waals surface area contributed by atoms with Crippen LogP contribution in [0.25, 0.3) is 6.08 Å². The molecule has 1 aromatic carbocycles. The zero-order valence-electron chi connectivity index (χ0n) is 13.0. The second kappa shape index (κ2) is 5.28. The van der Waals surface area contributed by atoms with Gasteiger partial charge < -0.3 is 0 Å². The maximum atomic E-state index is 4.15. The van der Waals surface area contributed by atoms with Gasteiger partial charge in [-0.1, -0.05) is 74.9 Å². The Balaban J connectivity index is 1.77. The van der Waals surface area contributed by atoms with E-state index in [4.69, 9.17) is 0 Å². The van der Waals surface area contributed by atoms with Crippen LogP contribution in [0.5, 0.6) is 0 Å². The second-order valence-electron chi connectivity index (χ2n) is 7.41. The Morgan fingerprint density at radius 3 is 2.43 bits per heavy atom. The van der Waals surface area contributed by atoms with Gasteiger partial charge in [0.1, 0.15) is 0 Å². The van der Waals surface area contributed by atoms with E-state index < -0.39 is 0 Å². The lowest BCUT2D eigenvalue weighted by Crippen LogP contribution is -2.47. The second-order valence-corrected chi connectivity index (χ2v) is 7.41. The third-order valence-electron chi connectivity index (χ3n) is 6.02. The normalized spacial score (nSPS) is 35.6. The van der Waals surface area contributed by atoms with E-state index in [1.807, 2.05) is 0 Å². The lowest BCUT2D eigenvalue weighted by Gasteiger charge is -2.34. The highest BCUT2D eigenvalue weighted by molar-refractivity contribution is 5.60. The SMILES string of the molecule is C1=CC23CCCCCCCCC(CC2)(N3)c2ccccc21. The van der Waals surface area contributed by atoms with Crippen molar-refractivity contribution in [1.82, 2.24) is 5.32 Å². The molecule has 21 heavy (non-hydrogen) atoms. The van der Waals surface area contributed by atoms with E-state index >= 15 is 0 Å². The highest BCUT2D eigenvalue weighted by Gasteiger charge is 2.48. The van der Waals surface area contributed by atoms with Crippen LogP contribution in [-0.4, -0.2) is 5.54 Å². The molecule has 2 bridgehead atoms. The summed E-state index contributed by atoms with van der Waals surface area (Å²) in [4.78, 5) is 0. The van der Waals surface area contributed by atoms with Gasteiger partial charge in [0.05, 0.1) is 0 Å². The molecule has 0 aliphatic carbocycles. The van der Waals surface area contributed by atoms with Crippen LogP contribution in [-0.2, 0) is 5.54 Å². The molecular weight excluding hydrogens is 254 g/mol. The van der Waals surface area contributed by atoms with Crippen LogP contribution >= 0.6 is 0 Å². The third-order valence-corrected chi connectivity index (χ3v) is 6.02. The van der Waals surface area contributed by atoms with E-state index in [9.17, 15) is 0 Å². The van der Waals surface area contributed by atoms with Crippen LogP contribution in [0.3, 0.4) is 0 Å². The zero-order valence-corrected chi connectivity index (χ0v) is 13.0. The van der Waals surface area contributed by atoms with Crippen LogP contribution in [0.15, 0.2) is 30.3 Å². The number of fused-ring (bicyclic) bond motifs is 1. The first-order valence-electron chi connectivity index (χ1n) is 8.90. The molecular formula is C20H27N. The Morgan fingerprint density at radius 1 is 0.762 bits per heavy atom. The molecule has 1 heteroatoms. The molecule has 1 nitrogen and oxygen atoms in total. The van der Waals surface area contributed by atoms with Crippen molar-refractivity contribution < 1.29 is 0 Å². The van der Waals surface area contributed by atoms with Crippen LogP contribution < -0.4 is 5.32 Å². The lowest BCUT2D eigenvalue weighted by atomic mass is 9.79. The molecule has 2 atom stereocenters. The van der Waals surface area contributed by atoms with Crippen LogP contribution in [0.2, 0.25) is 0 Å². The summed E-state index contributed by atoms with van der Waals surface area (Å²) in [5.74, 6) is 0. The van der Waals surface area contributed by atoms with Crippen molar-refractivity contribution in [1.29, 1.82) is 0 Å². The smallest absolute Gasteiger partial charge is 0.0448 e. The fourth-order valence-electron chi connectivity index (χ4n) is 4.86. The molecule has 0 radical (unpaired) electrons. The Labute approximate surface area is 128 Å². The number of hydrogen-bond acceptors (Lipinski definition) is 1. The third kappa shape index (κ3) is 2.36. The van der Waals surface area contributed by atoms with Crippen LogP contribution in [0.1, 0.15) is 75.3 Å². The predicted molar refractivity (Wildman–Crippen MR) is 89.2 cm³/mol. The van der Waals surface area contributed by atoms with Gasteiger partial charge in [-0.2, -0.15) is 0 Å². The number of benzene rings is 1. The van der Waals surface area contributed by atoms with Gasteiger partial charge in [-0.25, -0.2) is 0 Å². The first-order chi connectivity index (χ1) is 10.3. The van der Waals surface area contributed by atoms with E-state index in [1.165, 1.54) is 69.8 Å². The molecule has 0 amide bonds. The van der Waals surface area contributed by atoms with Gasteiger partial charge in [0, 0.05) is 11.1 Å². The maximum Gasteiger partial charge on any atom is 0.0448 e. The molecule has 4 rings (SSSR count). The molecule has 1 aromatic rings. The Bertz CT molecular complexity index is 547. The standard InChI is InChI=1S/C20H27N/c1-2-4-8-13-20-16-15-19(21-20,12-7-3-1)14-11-17-9-5-6-10-18(17)20/h5-6,9-11,14,21H,1-4,7-8,12-13,15-16H2. The molecule has 0 spiro atoms. The van der Waals surface area contributed by atoms with E-state index in [0.29, 0.717) is 0 Å². The number of hydrogen-bond donors (Lipinski definition) is 1. The van der Waals surface area contributed by atoms with Gasteiger partial charge in [-0.15, -0.1) is 0 Å². The van der Waals surface area contributed by atoms with Gasteiger partial charge in [0.15, 0.2) is 0 Å². The highest BCUT2D eigenvalue weighted by atomic mass is 15.1. The van der Waals surface area contributed by atoms with E-state index in [0.717, 1.165) is 0 Å². The summed E-state index contributed by atoms with van der Waals surface area (Å²) in [7, 11) is 0. The zero-order chi connectivity index (χ0) is 14.2. The van der Waals surface area contributed by atoms with Gasteiger partial charge in [-0.05, 0) is 36.8 Å². The van der Waals surface area contributed by atoms with Crippen molar-refractivity contribution in [3.63, 3.8) is 0 Å². The number of rotatable bonds is 0. The van der Waals surface area contributed by atoms with E-state index in [-0.39, 0.29) is 11.1 Å². The summed E-state index contributed by atoms with van der Waals surface area (Å²) < 4.78 is 0. The van der Waals surface area contributed by atoms with Gasteiger partial charge in [-0.3, -0.25) is 5.32 Å². The Morgan fingerprint density at radius 2 is 1.52 bits per heavy atom. The summed E-state index contributed by atoms with van der Waals surface area (Å²) in [6.45, 7) is 0. The molecule has 0 saturated carbocycles. The fraction of sp³-hybridized carbons (Fsp3) is 0.600. The van der Waals surface area contributed by atoms with Crippen LogP contribution in [0.4, 0.5) is 0 Å². The van der Waals surface area contributed by atoms with Crippen molar-refractivity contribution in [2.75, 3.05) is 0 Å². The van der Waals surface area contributed by atoms with Crippen molar-refractivity contribution in [2.45, 2.75) is 75.3 Å². The highest BCUT2D eigenvalue weighted by Crippen LogP contribution is 2.48. The van der Waals surface area contributed by atoms with Gasteiger partial charge in [0.25, 0.3) is 0 Å². The van der Waals surface area contributed by atoms with Crippen molar-refractivity contribution >= 4 is 6.08 Å². The minimum absolute atomic E-state index is 0.241. The monoisotopic (exact) mass is 281 g/mol. The minimum atomic E-state index is 0.241. The maximum absolute atomic E-state index is 4.15. The van der Waals surface area contributed by atoms with Gasteiger partial charge in [0.2, 0.25) is 0 Å². The van der Waals surface area contributed by atoms with E-state index in [2.05, 4.69) is 41.7 Å². The Kier molecular flexibility index (Phi) is 3.41. The minimum Gasteiger partial charge on any atom is -0.298 e. The van der Waals surface area contributed by atoms with Crippen molar-refractivity contribution in [2.24, 2.45) is 0 Å². The fourth-order valence-corrected chi connectivity index (χ4v) is 4.86. The van der Waals surface area contributed by atoms with Crippen molar-refractivity contribution in [3.8, 4) is 0 Å². The summed E-state index contributed by atoms with van der Waals surface area (Å²) in [6, 6.07) is 9.08. The summed E-state index contributed by atoms with van der Waals surface area (Å²) in [5, 5.41) is 4.15. The van der Waals surface area contributed by atoms with E-state index in [1.54, 1.807) is 5.56 Å².